The highest BCUT2D eigenvalue weighted by atomic mass is 32.2. The number of rotatable bonds is 2. The molecule has 4 rings (SSSR count). The van der Waals surface area contributed by atoms with E-state index in [0.717, 1.165) is 12.1 Å². The summed E-state index contributed by atoms with van der Waals surface area (Å²) in [4.78, 5) is 12.6. The van der Waals surface area contributed by atoms with Crippen LogP contribution in [0.5, 0.6) is 5.75 Å². The first-order valence-electron chi connectivity index (χ1n) is 10.9. The van der Waals surface area contributed by atoms with Crippen LogP contribution in [0.15, 0.2) is 59.5 Å². The van der Waals surface area contributed by atoms with E-state index in [4.69, 9.17) is 4.74 Å². The van der Waals surface area contributed by atoms with Gasteiger partial charge in [0.15, 0.2) is 11.6 Å². The molecule has 0 bridgehead atoms. The number of hydrogen-bond donors (Lipinski definition) is 1. The topological polar surface area (TPSA) is 75.7 Å². The van der Waals surface area contributed by atoms with Gasteiger partial charge in [-0.15, -0.1) is 0 Å². The second-order valence-corrected chi connectivity index (χ2v) is 10.4. The molecule has 1 N–H and O–H groups in total. The number of carbonyl (C=O) groups is 1. The van der Waals surface area contributed by atoms with Gasteiger partial charge in [0.25, 0.3) is 5.91 Å². The molecule has 33 heavy (non-hydrogen) atoms. The van der Waals surface area contributed by atoms with Crippen molar-refractivity contribution < 1.29 is 26.7 Å². The maximum atomic E-state index is 13.6. The average Bonchev–Trinajstić information content (AvgIpc) is 2.81. The minimum absolute atomic E-state index is 0.227. The number of halogens is 2. The summed E-state index contributed by atoms with van der Waals surface area (Å²) < 4.78 is 59.8. The van der Waals surface area contributed by atoms with Gasteiger partial charge in [0.2, 0.25) is 10.0 Å². The minimum Gasteiger partial charge on any atom is -0.492 e. The number of nitrogens with one attached hydrogen (secondary N) is 1. The average molecular weight is 477 g/mol. The van der Waals surface area contributed by atoms with Gasteiger partial charge < -0.3 is 10.1 Å². The number of sulfonamides is 1. The van der Waals surface area contributed by atoms with E-state index in [1.54, 1.807) is 18.2 Å². The van der Waals surface area contributed by atoms with Crippen LogP contribution in [-0.2, 0) is 10.0 Å². The molecule has 1 fully saturated rings. The molecule has 2 heterocycles. The number of benzene rings is 2. The smallest absolute Gasteiger partial charge is 0.255 e. The number of para-hydroxylation sites is 1. The number of piperidine rings is 1. The molecule has 0 atom stereocenters. The summed E-state index contributed by atoms with van der Waals surface area (Å²) in [6, 6.07) is 9.70. The van der Waals surface area contributed by atoms with E-state index in [1.165, 1.54) is 4.31 Å². The quantitative estimate of drug-likeness (QED) is 0.668. The maximum absolute atomic E-state index is 13.6. The number of hydrogen-bond acceptors (Lipinski definition) is 4. The van der Waals surface area contributed by atoms with E-state index in [1.807, 2.05) is 12.1 Å². The summed E-state index contributed by atoms with van der Waals surface area (Å²) in [6.45, 7) is 1.30. The van der Waals surface area contributed by atoms with Crippen LogP contribution >= 0.6 is 0 Å². The SMILES string of the molecule is O=C1NCC2(C/C=C/CCOc3ccccc31)CCN(S(=O)(=O)c1ccc(F)c(F)c1)CC2. The molecule has 2 aliphatic rings. The van der Waals surface area contributed by atoms with Crippen LogP contribution in [0.4, 0.5) is 8.78 Å². The van der Waals surface area contributed by atoms with Gasteiger partial charge in [0, 0.05) is 19.6 Å². The van der Waals surface area contributed by atoms with Gasteiger partial charge in [-0.2, -0.15) is 4.31 Å². The fourth-order valence-corrected chi connectivity index (χ4v) is 5.73. The molecule has 0 radical (unpaired) electrons. The standard InChI is InChI=1S/C24H26F2N2O4S/c25-20-9-8-18(16-21(20)26)33(30,31)28-13-11-24(12-14-28)10-4-1-5-15-32-22-7-3-2-6-19(22)23(29)27-17-24/h1-4,6-9,16H,5,10-15,17H2,(H,27,29)/b4-1+. The molecule has 1 spiro atoms. The van der Waals surface area contributed by atoms with Gasteiger partial charge >= 0.3 is 0 Å². The number of nitrogens with zero attached hydrogens (tertiary/aromatic N) is 1. The summed E-state index contributed by atoms with van der Waals surface area (Å²) in [7, 11) is -3.94. The van der Waals surface area contributed by atoms with Crippen LogP contribution in [0.2, 0.25) is 0 Å². The highest BCUT2D eigenvalue weighted by molar-refractivity contribution is 7.89. The van der Waals surface area contributed by atoms with Gasteiger partial charge in [-0.05, 0) is 61.4 Å². The van der Waals surface area contributed by atoms with E-state index < -0.39 is 21.7 Å². The summed E-state index contributed by atoms with van der Waals surface area (Å²) in [6.07, 6.45) is 6.54. The van der Waals surface area contributed by atoms with Gasteiger partial charge in [0.1, 0.15) is 5.75 Å². The second-order valence-electron chi connectivity index (χ2n) is 8.47. The molecule has 0 unspecified atom stereocenters. The highest BCUT2D eigenvalue weighted by Gasteiger charge is 2.38. The molecular formula is C24H26F2N2O4S. The Morgan fingerprint density at radius 2 is 1.76 bits per heavy atom. The van der Waals surface area contributed by atoms with Crippen molar-refractivity contribution in [3.05, 3.63) is 71.8 Å². The fraction of sp³-hybridized carbons (Fsp3) is 0.375. The summed E-state index contributed by atoms with van der Waals surface area (Å²) in [5.41, 5.74) is 0.164. The molecule has 6 nitrogen and oxygen atoms in total. The van der Waals surface area contributed by atoms with Gasteiger partial charge in [-0.1, -0.05) is 24.3 Å². The predicted octanol–water partition coefficient (Wildman–Crippen LogP) is 3.89. The number of carbonyl (C=O) groups excluding carboxylic acids is 1. The third-order valence-corrected chi connectivity index (χ3v) is 8.22. The molecule has 9 heteroatoms. The molecular weight excluding hydrogens is 450 g/mol. The number of ether oxygens (including phenoxy) is 1. The van der Waals surface area contributed by atoms with E-state index in [0.29, 0.717) is 56.2 Å². The van der Waals surface area contributed by atoms with Crippen molar-refractivity contribution in [2.45, 2.75) is 30.6 Å². The van der Waals surface area contributed by atoms with Crippen LogP contribution in [0, 0.1) is 17.0 Å². The van der Waals surface area contributed by atoms with Crippen molar-refractivity contribution in [1.29, 1.82) is 0 Å². The normalized spacial score (nSPS) is 20.6. The maximum Gasteiger partial charge on any atom is 0.255 e. The molecule has 2 aliphatic heterocycles. The Hall–Kier alpha value is -2.78. The van der Waals surface area contributed by atoms with Gasteiger partial charge in [0.05, 0.1) is 17.1 Å². The van der Waals surface area contributed by atoms with Crippen LogP contribution in [0.3, 0.4) is 0 Å². The van der Waals surface area contributed by atoms with Gasteiger partial charge in [-0.3, -0.25) is 4.79 Å². The fourth-order valence-electron chi connectivity index (χ4n) is 4.27. The Morgan fingerprint density at radius 1 is 1.00 bits per heavy atom. The Labute approximate surface area is 192 Å². The van der Waals surface area contributed by atoms with Crippen LogP contribution in [0.25, 0.3) is 0 Å². The zero-order valence-electron chi connectivity index (χ0n) is 18.1. The monoisotopic (exact) mass is 476 g/mol. The van der Waals surface area contributed by atoms with E-state index in [9.17, 15) is 22.0 Å². The number of fused-ring (bicyclic) bond motifs is 1. The Bertz CT molecular complexity index is 1160. The van der Waals surface area contributed by atoms with Gasteiger partial charge in [-0.25, -0.2) is 17.2 Å². The van der Waals surface area contributed by atoms with Crippen molar-refractivity contribution in [2.24, 2.45) is 5.41 Å². The molecule has 2 aromatic rings. The lowest BCUT2D eigenvalue weighted by Gasteiger charge is -2.41. The highest BCUT2D eigenvalue weighted by Crippen LogP contribution is 2.37. The summed E-state index contributed by atoms with van der Waals surface area (Å²) in [5.74, 6) is -1.98. The lowest BCUT2D eigenvalue weighted by atomic mass is 9.76. The van der Waals surface area contributed by atoms with E-state index in [-0.39, 0.29) is 29.3 Å². The van der Waals surface area contributed by atoms with Crippen molar-refractivity contribution in [3.8, 4) is 5.75 Å². The molecule has 176 valence electrons. The summed E-state index contributed by atoms with van der Waals surface area (Å²) in [5, 5.41) is 3.00. The minimum atomic E-state index is -3.94. The zero-order chi connectivity index (χ0) is 23.5. The van der Waals surface area contributed by atoms with E-state index >= 15 is 0 Å². The largest absolute Gasteiger partial charge is 0.492 e. The molecule has 1 amide bonds. The summed E-state index contributed by atoms with van der Waals surface area (Å²) >= 11 is 0. The number of amides is 1. The predicted molar refractivity (Wildman–Crippen MR) is 119 cm³/mol. The van der Waals surface area contributed by atoms with Crippen LogP contribution < -0.4 is 10.1 Å². The first-order valence-corrected chi connectivity index (χ1v) is 12.4. The Kier molecular flexibility index (Phi) is 6.81. The second kappa shape index (κ2) is 9.61. The molecule has 0 aromatic heterocycles. The van der Waals surface area contributed by atoms with Crippen LogP contribution in [0.1, 0.15) is 36.0 Å². The third-order valence-electron chi connectivity index (χ3n) is 6.33. The molecule has 2 aromatic carbocycles. The lowest BCUT2D eigenvalue weighted by Crippen LogP contribution is -2.47. The zero-order valence-corrected chi connectivity index (χ0v) is 18.9. The van der Waals surface area contributed by atoms with Crippen molar-refractivity contribution in [2.75, 3.05) is 26.2 Å². The lowest BCUT2D eigenvalue weighted by molar-refractivity contribution is 0.0891. The molecule has 0 aliphatic carbocycles. The van der Waals surface area contributed by atoms with Crippen LogP contribution in [-0.4, -0.2) is 44.9 Å². The molecule has 0 saturated carbocycles. The van der Waals surface area contributed by atoms with Crippen molar-refractivity contribution in [1.82, 2.24) is 9.62 Å². The molecule has 1 saturated heterocycles. The first-order chi connectivity index (χ1) is 15.8. The third kappa shape index (κ3) is 5.09. The first kappa shape index (κ1) is 23.4. The number of allylic oxidation sites excluding steroid dienone is 1. The van der Waals surface area contributed by atoms with E-state index in [2.05, 4.69) is 11.4 Å². The Balaban J connectivity index is 1.50. The Morgan fingerprint density at radius 3 is 2.52 bits per heavy atom. The van der Waals surface area contributed by atoms with Crippen molar-refractivity contribution in [3.63, 3.8) is 0 Å². The van der Waals surface area contributed by atoms with Crippen molar-refractivity contribution >= 4 is 15.9 Å².